The second-order valence-electron chi connectivity index (χ2n) is 30.9. The van der Waals surface area contributed by atoms with Gasteiger partial charge in [-0.15, -0.1) is 0 Å². The fourth-order valence-electron chi connectivity index (χ4n) is 14.8. The van der Waals surface area contributed by atoms with Crippen molar-refractivity contribution in [2.24, 2.45) is 0 Å². The molecule has 0 saturated heterocycles. The van der Waals surface area contributed by atoms with E-state index in [1.165, 1.54) is 399 Å². The molecule has 0 aliphatic heterocycles. The molecule has 6 nitrogen and oxygen atoms in total. The fourth-order valence-corrected chi connectivity index (χ4v) is 17.5. The van der Waals surface area contributed by atoms with Gasteiger partial charge in [0.1, 0.15) is 17.2 Å². The van der Waals surface area contributed by atoms with E-state index in [0.29, 0.717) is 17.2 Å². The van der Waals surface area contributed by atoms with Crippen LogP contribution in [0.15, 0.2) is 54.6 Å². The third-order valence-electron chi connectivity index (χ3n) is 21.1. The van der Waals surface area contributed by atoms with Gasteiger partial charge in [0, 0.05) is 21.1 Å². The van der Waals surface area contributed by atoms with Gasteiger partial charge >= 0.3 is 0 Å². The Balaban J connectivity index is 0.00000155. The van der Waals surface area contributed by atoms with E-state index in [1.54, 1.807) is 0 Å². The molecule has 0 spiro atoms. The van der Waals surface area contributed by atoms with Crippen LogP contribution in [0.3, 0.4) is 0 Å². The van der Waals surface area contributed by atoms with E-state index in [1.807, 2.05) is 36.4 Å². The Morgan fingerprint density at radius 1 is 0.226 bits per heavy atom. The molecule has 3 unspecified atom stereocenters. The summed E-state index contributed by atoms with van der Waals surface area (Å²) >= 11 is 29.5. The van der Waals surface area contributed by atoms with Crippen LogP contribution in [0.2, 0.25) is 0 Å². The molecule has 0 heterocycles. The number of hydrogen-bond donors (Lipinski definition) is 0. The molecule has 0 fully saturated rings. The van der Waals surface area contributed by atoms with Crippen molar-refractivity contribution in [3.8, 4) is 17.2 Å². The molecule has 0 bridgehead atoms. The van der Waals surface area contributed by atoms with Crippen molar-refractivity contribution >= 4 is 89.2 Å². The number of aryl methyl sites for hydroxylation is 3. The SMILES string of the molecule is CCCCCCCCCCCCc1cccc(OP([O-])(=S)[S-])c1CCCCCCCCCCCC.CCCCCCCCCCCCc1cccc(OP([O-])(=S)[S-])c1CCCCCCCCCCCC.CCCCCCCCCCCCc1cccc(OP([O-])(=S)[S-])c1CCCCCCCCCCCC.[Mo]. The third-order valence-corrected chi connectivity index (χ3v) is 23.7. The molecule has 3 rings (SSSR count). The van der Waals surface area contributed by atoms with Crippen LogP contribution in [0.25, 0.3) is 0 Å². The molecule has 3 aromatic rings. The van der Waals surface area contributed by atoms with Crippen LogP contribution in [0.1, 0.15) is 460 Å². The van der Waals surface area contributed by atoms with Crippen molar-refractivity contribution in [3.05, 3.63) is 88.0 Å². The fraction of sp³-hybridized carbons (Fsp3) is 0.800. The first-order chi connectivity index (χ1) is 50.9. The first-order valence-electron chi connectivity index (χ1n) is 44.4. The Hall–Kier alpha value is 0.628. The summed E-state index contributed by atoms with van der Waals surface area (Å²) in [5.41, 5.74) is -2.60. The van der Waals surface area contributed by atoms with E-state index in [2.05, 4.69) is 59.7 Å². The minimum atomic E-state index is -3.39. The molecule has 0 radical (unpaired) electrons. The zero-order valence-corrected chi connectivity index (χ0v) is 78.6. The molecule has 16 heteroatoms. The predicted octanol–water partition coefficient (Wildman–Crippen LogP) is 30.4. The topological polar surface area (TPSA) is 96.9 Å². The third kappa shape index (κ3) is 66.9. The minimum Gasteiger partial charge on any atom is -0.809 e. The van der Waals surface area contributed by atoms with Gasteiger partial charge < -0.3 is 65.0 Å². The molecule has 0 aliphatic rings. The zero-order valence-electron chi connectivity index (χ0n) is 69.0. The van der Waals surface area contributed by atoms with E-state index in [0.717, 1.165) is 57.8 Å². The Morgan fingerprint density at radius 3 is 0.500 bits per heavy atom. The maximum atomic E-state index is 12.0. The van der Waals surface area contributed by atoms with Gasteiger partial charge in [-0.1, -0.05) is 477 Å². The summed E-state index contributed by atoms with van der Waals surface area (Å²) in [5.74, 6) is 2.00. The summed E-state index contributed by atoms with van der Waals surface area (Å²) < 4.78 is 16.8. The summed E-state index contributed by atoms with van der Waals surface area (Å²) in [7, 11) is 0. The average Bonchev–Trinajstić information content (AvgIpc) is 0.850. The van der Waals surface area contributed by atoms with Crippen molar-refractivity contribution in [3.63, 3.8) is 0 Å². The van der Waals surface area contributed by atoms with Crippen LogP contribution in [0, 0.1) is 0 Å². The van der Waals surface area contributed by atoms with Crippen LogP contribution < -0.4 is 28.3 Å². The van der Waals surface area contributed by atoms with Gasteiger partial charge in [-0.2, -0.15) is 0 Å². The van der Waals surface area contributed by atoms with Crippen LogP contribution >= 0.6 is 17.1 Å². The zero-order chi connectivity index (χ0) is 76.9. The van der Waals surface area contributed by atoms with E-state index in [4.69, 9.17) is 85.7 Å². The largest absolute Gasteiger partial charge is 0.809 e. The molecule has 0 aromatic heterocycles. The summed E-state index contributed by atoms with van der Waals surface area (Å²) in [6, 6.07) is 18.4. The molecule has 3 aromatic carbocycles. The smallest absolute Gasteiger partial charge is 0.123 e. The molecule has 618 valence electrons. The normalized spacial score (nSPS) is 13.0. The Labute approximate surface area is 703 Å². The molecular formula is C90H159MoO6P3S6-6. The molecule has 106 heavy (non-hydrogen) atoms. The number of benzene rings is 3. The van der Waals surface area contributed by atoms with Gasteiger partial charge in [-0.25, -0.2) is 0 Å². The molecule has 0 amide bonds. The minimum absolute atomic E-state index is 0. The molecule has 3 atom stereocenters. The van der Waals surface area contributed by atoms with Gasteiger partial charge in [-0.3, -0.25) is 0 Å². The summed E-state index contributed by atoms with van der Waals surface area (Å²) in [4.78, 5) is 36.1. The summed E-state index contributed by atoms with van der Waals surface area (Å²) in [5, 5.41) is 0. The average molecular weight is 1720 g/mol. The molecule has 0 aliphatic carbocycles. The van der Waals surface area contributed by atoms with Crippen LogP contribution in [0.5, 0.6) is 17.2 Å². The van der Waals surface area contributed by atoms with Crippen molar-refractivity contribution in [1.82, 2.24) is 0 Å². The number of rotatable bonds is 72. The van der Waals surface area contributed by atoms with Crippen molar-refractivity contribution < 1.29 is 49.3 Å². The van der Waals surface area contributed by atoms with Crippen LogP contribution in [-0.2, 0) is 132 Å². The first kappa shape index (κ1) is 107. The van der Waals surface area contributed by atoms with Crippen LogP contribution in [0.4, 0.5) is 0 Å². The van der Waals surface area contributed by atoms with E-state index < -0.39 is 17.1 Å². The van der Waals surface area contributed by atoms with Crippen molar-refractivity contribution in [2.45, 2.75) is 465 Å². The molecule has 0 saturated carbocycles. The van der Waals surface area contributed by atoms with Gasteiger partial charge in [0.2, 0.25) is 0 Å². The first-order valence-corrected chi connectivity index (χ1v) is 55.4. The second kappa shape index (κ2) is 75.7. The Kier molecular flexibility index (Phi) is 76.1. The summed E-state index contributed by atoms with van der Waals surface area (Å²) in [6.45, 7) is 13.6. The Morgan fingerprint density at radius 2 is 0.358 bits per heavy atom. The van der Waals surface area contributed by atoms with Gasteiger partial charge in [0.05, 0.1) is 0 Å². The molecule has 0 N–H and O–H groups in total. The Bertz CT molecular complexity index is 2310. The van der Waals surface area contributed by atoms with E-state index in [-0.39, 0.29) is 21.1 Å². The molecular weight excluding hydrogens is 1560 g/mol. The summed E-state index contributed by atoms with van der Waals surface area (Å²) in [6.07, 6.45) is 86.1. The van der Waals surface area contributed by atoms with Gasteiger partial charge in [0.25, 0.3) is 0 Å². The van der Waals surface area contributed by atoms with Gasteiger partial charge in [-0.05, 0) is 129 Å². The maximum absolute atomic E-state index is 12.0. The van der Waals surface area contributed by atoms with E-state index in [9.17, 15) is 14.7 Å². The van der Waals surface area contributed by atoms with Crippen molar-refractivity contribution in [1.29, 1.82) is 0 Å². The maximum Gasteiger partial charge on any atom is 0.123 e. The second-order valence-corrected chi connectivity index (χ2v) is 44.9. The van der Waals surface area contributed by atoms with Gasteiger partial charge in [0.15, 0.2) is 0 Å². The monoisotopic (exact) mass is 1720 g/mol. The predicted molar refractivity (Wildman–Crippen MR) is 479 cm³/mol. The number of hydrogen-bond acceptors (Lipinski definition) is 12. The standard InChI is InChI=1S/3C30H55O2PS2.Mo/c3*1-3-5-7-9-11-13-15-17-19-21-24-28-25-23-27-30(32-33(31,34)35)29(28)26-22-20-18-16-14-12-10-8-6-4-2;/h3*23,25,27H,3-22,24,26H2,1-2H3,(H2,31,34,35);/p-6. The quantitative estimate of drug-likeness (QED) is 0.0233. The number of unbranched alkanes of at least 4 members (excludes halogenated alkanes) is 54. The van der Waals surface area contributed by atoms with E-state index >= 15 is 0 Å². The van der Waals surface area contributed by atoms with Crippen molar-refractivity contribution in [2.75, 3.05) is 0 Å². The van der Waals surface area contributed by atoms with Crippen LogP contribution in [-0.4, -0.2) is 0 Å².